The molecule has 5 aromatic rings. The van der Waals surface area contributed by atoms with Gasteiger partial charge < -0.3 is 0 Å². The molecule has 0 unspecified atom stereocenters. The molecule has 0 spiro atoms. The van der Waals surface area contributed by atoms with Crippen LogP contribution in [0.15, 0.2) is 73.1 Å². The van der Waals surface area contributed by atoms with E-state index in [2.05, 4.69) is 73.1 Å². The predicted octanol–water partition coefficient (Wildman–Crippen LogP) is 7.87. The third-order valence-corrected chi connectivity index (χ3v) is 7.91. The molecule has 0 aliphatic heterocycles. The van der Waals surface area contributed by atoms with Crippen molar-refractivity contribution in [2.45, 2.75) is 51.4 Å². The molecule has 2 aliphatic rings. The van der Waals surface area contributed by atoms with Crippen LogP contribution >= 0.6 is 0 Å². The van der Waals surface area contributed by atoms with E-state index < -0.39 is 0 Å². The minimum absolute atomic E-state index is 0.993. The molecule has 0 atom stereocenters. The zero-order valence-electron chi connectivity index (χ0n) is 19.5. The Morgan fingerprint density at radius 3 is 1.47 bits per heavy atom. The number of aromatic nitrogens is 2. The van der Waals surface area contributed by atoms with Crippen LogP contribution < -0.4 is 0 Å². The van der Waals surface area contributed by atoms with Crippen LogP contribution in [0.3, 0.4) is 0 Å². The van der Waals surface area contributed by atoms with Crippen molar-refractivity contribution in [3.05, 3.63) is 95.3 Å². The fourth-order valence-electron chi connectivity index (χ4n) is 6.19. The van der Waals surface area contributed by atoms with E-state index in [0.29, 0.717) is 0 Å². The summed E-state index contributed by atoms with van der Waals surface area (Å²) in [5, 5.41) is 2.33. The Hall–Kier alpha value is -3.52. The van der Waals surface area contributed by atoms with Crippen LogP contribution in [0.2, 0.25) is 0 Å². The van der Waals surface area contributed by atoms with Gasteiger partial charge in [0.25, 0.3) is 0 Å². The highest BCUT2D eigenvalue weighted by Gasteiger charge is 2.17. The molecule has 34 heavy (non-hydrogen) atoms. The zero-order valence-corrected chi connectivity index (χ0v) is 19.5. The van der Waals surface area contributed by atoms with Gasteiger partial charge in [0.15, 0.2) is 0 Å². The maximum Gasteiger partial charge on any atom is 0.0965 e. The maximum absolute atomic E-state index is 4.94. The van der Waals surface area contributed by atoms with Crippen LogP contribution in [0.1, 0.15) is 47.9 Å². The van der Waals surface area contributed by atoms with Gasteiger partial charge in [-0.2, -0.15) is 0 Å². The summed E-state index contributed by atoms with van der Waals surface area (Å²) in [6.07, 6.45) is 14.0. The van der Waals surface area contributed by atoms with Crippen molar-refractivity contribution in [1.82, 2.24) is 9.97 Å². The van der Waals surface area contributed by atoms with Gasteiger partial charge in [0.05, 0.1) is 11.0 Å². The Morgan fingerprint density at radius 2 is 0.971 bits per heavy atom. The van der Waals surface area contributed by atoms with Gasteiger partial charge >= 0.3 is 0 Å². The van der Waals surface area contributed by atoms with Crippen LogP contribution in [0.5, 0.6) is 0 Å². The lowest BCUT2D eigenvalue weighted by Crippen LogP contribution is -2.04. The van der Waals surface area contributed by atoms with Crippen LogP contribution in [0.25, 0.3) is 44.1 Å². The minimum atomic E-state index is 0.993. The fraction of sp³-hybridized carbons (Fsp3) is 0.250. The molecule has 0 radical (unpaired) electrons. The van der Waals surface area contributed by atoms with E-state index in [-0.39, 0.29) is 0 Å². The number of pyridine rings is 2. The topological polar surface area (TPSA) is 25.8 Å². The van der Waals surface area contributed by atoms with Crippen molar-refractivity contribution < 1.29 is 0 Å². The molecule has 0 saturated heterocycles. The summed E-state index contributed by atoms with van der Waals surface area (Å²) < 4.78 is 0. The number of rotatable bonds is 2. The zero-order chi connectivity index (χ0) is 22.5. The third kappa shape index (κ3) is 3.24. The van der Waals surface area contributed by atoms with Gasteiger partial charge in [0.2, 0.25) is 0 Å². The Balaban J connectivity index is 1.33. The summed E-state index contributed by atoms with van der Waals surface area (Å²) in [5.41, 5.74) is 13.2. The lowest BCUT2D eigenvalue weighted by molar-refractivity contribution is 0.687. The lowest BCUT2D eigenvalue weighted by Gasteiger charge is -2.20. The molecule has 0 amide bonds. The number of benzene rings is 3. The summed E-state index contributed by atoms with van der Waals surface area (Å²) in [6.45, 7) is 0. The molecule has 166 valence electrons. The van der Waals surface area contributed by atoms with Crippen molar-refractivity contribution in [3.63, 3.8) is 0 Å². The van der Waals surface area contributed by atoms with E-state index in [1.54, 1.807) is 0 Å². The molecular formula is C32H28N2. The maximum atomic E-state index is 4.94. The van der Waals surface area contributed by atoms with Gasteiger partial charge in [-0.1, -0.05) is 48.5 Å². The van der Waals surface area contributed by atoms with Gasteiger partial charge in [-0.05, 0) is 96.9 Å². The van der Waals surface area contributed by atoms with E-state index in [0.717, 1.165) is 21.8 Å². The third-order valence-electron chi connectivity index (χ3n) is 7.91. The number of hydrogen-bond donors (Lipinski definition) is 0. The highest BCUT2D eigenvalue weighted by atomic mass is 14.7. The Morgan fingerprint density at radius 1 is 0.500 bits per heavy atom. The normalized spacial score (nSPS) is 15.3. The van der Waals surface area contributed by atoms with Crippen LogP contribution in [0.4, 0.5) is 0 Å². The quantitative estimate of drug-likeness (QED) is 0.261. The monoisotopic (exact) mass is 440 g/mol. The van der Waals surface area contributed by atoms with Crippen molar-refractivity contribution in [2.75, 3.05) is 0 Å². The van der Waals surface area contributed by atoms with Crippen molar-refractivity contribution in [1.29, 1.82) is 0 Å². The molecular weight excluding hydrogens is 412 g/mol. The summed E-state index contributed by atoms with van der Waals surface area (Å²) in [5.74, 6) is 0. The lowest BCUT2D eigenvalue weighted by atomic mass is 9.86. The molecule has 0 bridgehead atoms. The van der Waals surface area contributed by atoms with E-state index in [1.807, 2.05) is 0 Å². The second kappa shape index (κ2) is 8.06. The molecule has 2 heteroatoms. The first-order chi connectivity index (χ1) is 16.8. The van der Waals surface area contributed by atoms with Gasteiger partial charge in [-0.15, -0.1) is 0 Å². The fourth-order valence-corrected chi connectivity index (χ4v) is 6.19. The molecule has 2 aromatic heterocycles. The standard InChI is InChI=1S/C32H28N2/c1-3-11-27-21(7-1)9-5-13-29(27)25-17-23-15-16-24-18-26(20-34-32(24)31(23)33-19-25)30-14-6-10-22-8-2-4-12-28(22)30/h5-6,9-10,13-20H,1-4,7-8,11-12H2. The average Bonchev–Trinajstić information content (AvgIpc) is 2.91. The minimum Gasteiger partial charge on any atom is -0.253 e. The largest absolute Gasteiger partial charge is 0.253 e. The highest BCUT2D eigenvalue weighted by Crippen LogP contribution is 2.35. The smallest absolute Gasteiger partial charge is 0.0965 e. The SMILES string of the molecule is c1cc2c(c(-c3cnc4c(ccc5cc(-c6cccc7c6CCCC7)cnc54)c3)c1)CCCC2. The Labute approximate surface area is 200 Å². The molecule has 7 rings (SSSR count). The molecule has 0 N–H and O–H groups in total. The van der Waals surface area contributed by atoms with E-state index >= 15 is 0 Å². The molecule has 2 nitrogen and oxygen atoms in total. The summed E-state index contributed by atoms with van der Waals surface area (Å²) >= 11 is 0. The number of fused-ring (bicyclic) bond motifs is 5. The molecule has 0 fully saturated rings. The van der Waals surface area contributed by atoms with Crippen LogP contribution in [0, 0.1) is 0 Å². The van der Waals surface area contributed by atoms with E-state index in [1.165, 1.54) is 95.9 Å². The number of aryl methyl sites for hydroxylation is 2. The first-order valence-electron chi connectivity index (χ1n) is 12.8. The van der Waals surface area contributed by atoms with E-state index in [9.17, 15) is 0 Å². The van der Waals surface area contributed by atoms with Gasteiger partial charge in [-0.25, -0.2) is 0 Å². The first-order valence-corrected chi connectivity index (χ1v) is 12.8. The second-order valence-corrected chi connectivity index (χ2v) is 9.96. The summed E-state index contributed by atoms with van der Waals surface area (Å²) in [4.78, 5) is 9.89. The summed E-state index contributed by atoms with van der Waals surface area (Å²) in [6, 6.07) is 22.6. The van der Waals surface area contributed by atoms with Crippen LogP contribution in [-0.4, -0.2) is 9.97 Å². The Bertz CT molecular complexity index is 1450. The van der Waals surface area contributed by atoms with Gasteiger partial charge in [0.1, 0.15) is 0 Å². The number of hydrogen-bond acceptors (Lipinski definition) is 2. The first kappa shape index (κ1) is 19.9. The molecule has 0 saturated carbocycles. The molecule has 2 heterocycles. The number of nitrogens with zero attached hydrogens (tertiary/aromatic N) is 2. The average molecular weight is 441 g/mol. The second-order valence-electron chi connectivity index (χ2n) is 9.96. The molecule has 3 aromatic carbocycles. The van der Waals surface area contributed by atoms with Crippen molar-refractivity contribution >= 4 is 21.8 Å². The van der Waals surface area contributed by atoms with Gasteiger partial charge in [0, 0.05) is 34.3 Å². The highest BCUT2D eigenvalue weighted by molar-refractivity contribution is 6.04. The van der Waals surface area contributed by atoms with Crippen LogP contribution in [-0.2, 0) is 25.7 Å². The van der Waals surface area contributed by atoms with E-state index in [4.69, 9.17) is 9.97 Å². The Kier molecular flexibility index (Phi) is 4.72. The van der Waals surface area contributed by atoms with Crippen molar-refractivity contribution in [2.24, 2.45) is 0 Å². The van der Waals surface area contributed by atoms with Crippen molar-refractivity contribution in [3.8, 4) is 22.3 Å². The molecule has 2 aliphatic carbocycles. The summed E-state index contributed by atoms with van der Waals surface area (Å²) in [7, 11) is 0. The predicted molar refractivity (Wildman–Crippen MR) is 141 cm³/mol. The van der Waals surface area contributed by atoms with Gasteiger partial charge in [-0.3, -0.25) is 9.97 Å².